The number of ether oxygens (including phenoxy) is 1. The monoisotopic (exact) mass is 314 g/mol. The molecule has 0 aliphatic carbocycles. The molecule has 18 heavy (non-hydrogen) atoms. The molecular weight excluding hydrogens is 296 g/mol. The second-order valence-electron chi connectivity index (χ2n) is 4.40. The Bertz CT molecular complexity index is 421. The van der Waals surface area contributed by atoms with Gasteiger partial charge in [-0.05, 0) is 40.5 Å². The maximum atomic E-state index is 11.8. The molecule has 100 valence electrons. The Kier molecular flexibility index (Phi) is 5.62. The average Bonchev–Trinajstić information content (AvgIpc) is 2.28. The van der Waals surface area contributed by atoms with E-state index in [1.807, 2.05) is 25.1 Å². The van der Waals surface area contributed by atoms with Gasteiger partial charge in [0, 0.05) is 26.1 Å². The zero-order valence-corrected chi connectivity index (χ0v) is 12.5. The van der Waals surface area contributed by atoms with Gasteiger partial charge >= 0.3 is 0 Å². The highest BCUT2D eigenvalue weighted by Gasteiger charge is 2.12. The molecule has 1 unspecified atom stereocenters. The lowest BCUT2D eigenvalue weighted by molar-refractivity contribution is -0.130. The third-order valence-corrected chi connectivity index (χ3v) is 3.18. The van der Waals surface area contributed by atoms with Crippen molar-refractivity contribution in [2.45, 2.75) is 25.9 Å². The first-order valence-electron chi connectivity index (χ1n) is 5.76. The van der Waals surface area contributed by atoms with Crippen LogP contribution >= 0.6 is 15.9 Å². The number of hydrogen-bond acceptors (Lipinski definition) is 3. The lowest BCUT2D eigenvalue weighted by Gasteiger charge is -2.19. The fourth-order valence-corrected chi connectivity index (χ4v) is 2.19. The Labute approximate surface area is 116 Å². The van der Waals surface area contributed by atoms with Gasteiger partial charge in [-0.2, -0.15) is 0 Å². The maximum Gasteiger partial charge on any atom is 0.224 e. The van der Waals surface area contributed by atoms with E-state index in [9.17, 15) is 4.79 Å². The number of benzene rings is 1. The Morgan fingerprint density at radius 1 is 1.56 bits per heavy atom. The quantitative estimate of drug-likeness (QED) is 0.906. The van der Waals surface area contributed by atoms with Crippen LogP contribution in [0.25, 0.3) is 0 Å². The summed E-state index contributed by atoms with van der Waals surface area (Å²) in [6, 6.07) is 5.67. The topological polar surface area (TPSA) is 55.6 Å². The van der Waals surface area contributed by atoms with Crippen molar-refractivity contribution in [3.8, 4) is 5.75 Å². The molecule has 1 amide bonds. The van der Waals surface area contributed by atoms with E-state index in [4.69, 9.17) is 10.5 Å². The van der Waals surface area contributed by atoms with E-state index in [1.54, 1.807) is 19.1 Å². The molecule has 0 aliphatic rings. The van der Waals surface area contributed by atoms with E-state index in [2.05, 4.69) is 15.9 Å². The van der Waals surface area contributed by atoms with Gasteiger partial charge in [0.2, 0.25) is 5.91 Å². The summed E-state index contributed by atoms with van der Waals surface area (Å²) in [5.74, 6) is 0.834. The molecule has 1 aromatic rings. The van der Waals surface area contributed by atoms with Crippen LogP contribution in [-0.4, -0.2) is 31.0 Å². The molecule has 0 aromatic heterocycles. The van der Waals surface area contributed by atoms with Crippen molar-refractivity contribution >= 4 is 21.8 Å². The largest absolute Gasteiger partial charge is 0.496 e. The highest BCUT2D eigenvalue weighted by molar-refractivity contribution is 9.10. The van der Waals surface area contributed by atoms with Crippen LogP contribution < -0.4 is 10.5 Å². The molecular formula is C13H19BrN2O2. The highest BCUT2D eigenvalue weighted by Crippen LogP contribution is 2.25. The second-order valence-corrected chi connectivity index (χ2v) is 5.25. The van der Waals surface area contributed by atoms with Gasteiger partial charge in [0.05, 0.1) is 11.6 Å². The average molecular weight is 315 g/mol. The molecule has 0 aliphatic heterocycles. The van der Waals surface area contributed by atoms with Gasteiger partial charge in [-0.15, -0.1) is 0 Å². The summed E-state index contributed by atoms with van der Waals surface area (Å²) in [5, 5.41) is 0. The molecule has 0 radical (unpaired) electrons. The van der Waals surface area contributed by atoms with Crippen molar-refractivity contribution in [1.82, 2.24) is 4.90 Å². The standard InChI is InChI=1S/C13H19BrN2O2/c1-9(15)6-13(17)16(2)8-10-4-5-12(18-3)11(14)7-10/h4-5,7,9H,6,8,15H2,1-3H3. The van der Waals surface area contributed by atoms with E-state index < -0.39 is 0 Å². The third kappa shape index (κ3) is 4.31. The first-order chi connectivity index (χ1) is 8.43. The lowest BCUT2D eigenvalue weighted by Crippen LogP contribution is -2.31. The number of halogens is 1. The van der Waals surface area contributed by atoms with E-state index in [-0.39, 0.29) is 11.9 Å². The SMILES string of the molecule is COc1ccc(CN(C)C(=O)CC(C)N)cc1Br. The van der Waals surface area contributed by atoms with Crippen molar-refractivity contribution in [3.05, 3.63) is 28.2 Å². The summed E-state index contributed by atoms with van der Waals surface area (Å²) in [4.78, 5) is 13.5. The van der Waals surface area contributed by atoms with Gasteiger partial charge in [0.15, 0.2) is 0 Å². The molecule has 1 rings (SSSR count). The molecule has 1 atom stereocenters. The molecule has 4 nitrogen and oxygen atoms in total. The predicted octanol–water partition coefficient (Wildman–Crippen LogP) is 2.15. The third-order valence-electron chi connectivity index (χ3n) is 2.56. The number of carbonyl (C=O) groups excluding carboxylic acids is 1. The minimum atomic E-state index is -0.109. The highest BCUT2D eigenvalue weighted by atomic mass is 79.9. The number of rotatable bonds is 5. The number of amides is 1. The molecule has 0 saturated carbocycles. The van der Waals surface area contributed by atoms with Crippen LogP contribution in [-0.2, 0) is 11.3 Å². The summed E-state index contributed by atoms with van der Waals surface area (Å²) < 4.78 is 6.05. The van der Waals surface area contributed by atoms with Crippen LogP contribution in [0.4, 0.5) is 0 Å². The van der Waals surface area contributed by atoms with E-state index in [0.717, 1.165) is 15.8 Å². The first kappa shape index (κ1) is 15.0. The van der Waals surface area contributed by atoms with E-state index >= 15 is 0 Å². The number of carbonyl (C=O) groups is 1. The smallest absolute Gasteiger partial charge is 0.224 e. The molecule has 0 fully saturated rings. The first-order valence-corrected chi connectivity index (χ1v) is 6.55. The Balaban J connectivity index is 2.67. The fourth-order valence-electron chi connectivity index (χ4n) is 1.60. The van der Waals surface area contributed by atoms with E-state index in [0.29, 0.717) is 13.0 Å². The van der Waals surface area contributed by atoms with Crippen LogP contribution in [0.3, 0.4) is 0 Å². The zero-order chi connectivity index (χ0) is 13.7. The van der Waals surface area contributed by atoms with Crippen LogP contribution in [0.15, 0.2) is 22.7 Å². The van der Waals surface area contributed by atoms with Gasteiger partial charge in [0.25, 0.3) is 0 Å². The number of nitrogens with two attached hydrogens (primary N) is 1. The Morgan fingerprint density at radius 3 is 2.72 bits per heavy atom. The van der Waals surface area contributed by atoms with Crippen LogP contribution in [0.2, 0.25) is 0 Å². The minimum absolute atomic E-state index is 0.0527. The lowest BCUT2D eigenvalue weighted by atomic mass is 10.2. The van der Waals surface area contributed by atoms with Gasteiger partial charge < -0.3 is 15.4 Å². The van der Waals surface area contributed by atoms with Gasteiger partial charge in [-0.25, -0.2) is 0 Å². The molecule has 0 saturated heterocycles. The van der Waals surface area contributed by atoms with Crippen molar-refractivity contribution in [3.63, 3.8) is 0 Å². The van der Waals surface area contributed by atoms with Crippen LogP contribution in [0.5, 0.6) is 5.75 Å². The van der Waals surface area contributed by atoms with Crippen molar-refractivity contribution in [2.24, 2.45) is 5.73 Å². The summed E-state index contributed by atoms with van der Waals surface area (Å²) in [6.07, 6.45) is 0.369. The minimum Gasteiger partial charge on any atom is -0.496 e. The summed E-state index contributed by atoms with van der Waals surface area (Å²) in [5.41, 5.74) is 6.66. The van der Waals surface area contributed by atoms with Gasteiger partial charge in [0.1, 0.15) is 5.75 Å². The van der Waals surface area contributed by atoms with Gasteiger partial charge in [-0.1, -0.05) is 6.07 Å². The van der Waals surface area contributed by atoms with Gasteiger partial charge in [-0.3, -0.25) is 4.79 Å². The maximum absolute atomic E-state index is 11.8. The molecule has 5 heteroatoms. The zero-order valence-electron chi connectivity index (χ0n) is 10.9. The van der Waals surface area contributed by atoms with E-state index in [1.165, 1.54) is 0 Å². The fraction of sp³-hybridized carbons (Fsp3) is 0.462. The van der Waals surface area contributed by atoms with Crippen LogP contribution in [0, 0.1) is 0 Å². The molecule has 0 bridgehead atoms. The molecule has 1 aromatic carbocycles. The van der Waals surface area contributed by atoms with Crippen molar-refractivity contribution < 1.29 is 9.53 Å². The van der Waals surface area contributed by atoms with Crippen molar-refractivity contribution in [2.75, 3.05) is 14.2 Å². The summed E-state index contributed by atoms with van der Waals surface area (Å²) in [6.45, 7) is 2.39. The summed E-state index contributed by atoms with van der Waals surface area (Å²) in [7, 11) is 3.40. The van der Waals surface area contributed by atoms with Crippen molar-refractivity contribution in [1.29, 1.82) is 0 Å². The summed E-state index contributed by atoms with van der Waals surface area (Å²) >= 11 is 3.43. The Morgan fingerprint density at radius 2 is 2.22 bits per heavy atom. The normalized spacial score (nSPS) is 12.1. The molecule has 2 N–H and O–H groups in total. The number of hydrogen-bond donors (Lipinski definition) is 1. The predicted molar refractivity (Wildman–Crippen MR) is 75.4 cm³/mol. The molecule has 0 heterocycles. The Hall–Kier alpha value is -1.07. The molecule has 0 spiro atoms. The second kappa shape index (κ2) is 6.75. The number of nitrogens with zero attached hydrogens (tertiary/aromatic N) is 1. The van der Waals surface area contributed by atoms with Crippen LogP contribution in [0.1, 0.15) is 18.9 Å². The number of methoxy groups -OCH3 is 1.